The van der Waals surface area contributed by atoms with E-state index in [2.05, 4.69) is 44.3 Å². The fourth-order valence-electron chi connectivity index (χ4n) is 2.82. The van der Waals surface area contributed by atoms with Crippen molar-refractivity contribution in [2.75, 3.05) is 20.3 Å². The molecule has 0 spiro atoms. The molecule has 2 aromatic rings. The van der Waals surface area contributed by atoms with Gasteiger partial charge in [-0.05, 0) is 62.1 Å². The van der Waals surface area contributed by atoms with Crippen LogP contribution in [0, 0.1) is 0 Å². The number of benzene rings is 2. The Labute approximate surface area is 169 Å². The summed E-state index contributed by atoms with van der Waals surface area (Å²) in [7, 11) is 1.67. The first-order chi connectivity index (χ1) is 12.4. The van der Waals surface area contributed by atoms with E-state index in [0.29, 0.717) is 6.54 Å². The normalized spacial score (nSPS) is 12.2. The van der Waals surface area contributed by atoms with Gasteiger partial charge in [0.2, 0.25) is 0 Å². The third kappa shape index (κ3) is 8.21. The van der Waals surface area contributed by atoms with Crippen LogP contribution in [0.25, 0.3) is 0 Å². The molecule has 0 saturated heterocycles. The van der Waals surface area contributed by atoms with Gasteiger partial charge >= 0.3 is 0 Å². The zero-order chi connectivity index (χ0) is 19.0. The van der Waals surface area contributed by atoms with Gasteiger partial charge in [0.05, 0.1) is 7.11 Å². The Morgan fingerprint density at radius 2 is 1.74 bits per heavy atom. The lowest BCUT2D eigenvalue weighted by Gasteiger charge is -2.28. The molecule has 2 rings (SSSR count). The van der Waals surface area contributed by atoms with Gasteiger partial charge in [0.25, 0.3) is 0 Å². The predicted molar refractivity (Wildman–Crippen MR) is 113 cm³/mol. The molecule has 1 atom stereocenters. The maximum Gasteiger partial charge on any atom is 0.119 e. The summed E-state index contributed by atoms with van der Waals surface area (Å²) in [5, 5.41) is 13.7. The highest BCUT2D eigenvalue weighted by Crippen LogP contribution is 2.17. The summed E-state index contributed by atoms with van der Waals surface area (Å²) in [5.74, 6) is 1.67. The van der Waals surface area contributed by atoms with Crippen molar-refractivity contribution >= 4 is 12.4 Å². The molecule has 0 aromatic heterocycles. The van der Waals surface area contributed by atoms with Crippen LogP contribution in [-0.2, 0) is 12.8 Å². The van der Waals surface area contributed by atoms with Gasteiger partial charge in [-0.25, -0.2) is 0 Å². The Hall–Kier alpha value is -1.75. The summed E-state index contributed by atoms with van der Waals surface area (Å²) in [6, 6.07) is 16.1. The molecule has 0 fully saturated rings. The standard InChI is InChI=1S/C22H31NO3.ClH/c1-5-17-7-6-8-21(13-17)26-16-19(24)15-23-22(2,3)14-18-9-11-20(25-4)12-10-18;/h6-13,19,23-24H,5,14-16H2,1-4H3;1H. The summed E-state index contributed by atoms with van der Waals surface area (Å²) in [4.78, 5) is 0. The lowest BCUT2D eigenvalue weighted by molar-refractivity contribution is 0.0988. The Balaban J connectivity index is 0.00000364. The first kappa shape index (κ1) is 23.3. The first-order valence-corrected chi connectivity index (χ1v) is 9.19. The van der Waals surface area contributed by atoms with Crippen LogP contribution in [0.5, 0.6) is 11.5 Å². The van der Waals surface area contributed by atoms with Gasteiger partial charge in [-0.3, -0.25) is 0 Å². The molecule has 2 N–H and O–H groups in total. The molecule has 4 nitrogen and oxygen atoms in total. The van der Waals surface area contributed by atoms with Crippen LogP contribution in [0.2, 0.25) is 0 Å². The van der Waals surface area contributed by atoms with E-state index < -0.39 is 6.10 Å². The molecule has 0 radical (unpaired) electrons. The lowest BCUT2D eigenvalue weighted by atomic mass is 9.94. The van der Waals surface area contributed by atoms with Crippen molar-refractivity contribution in [2.45, 2.75) is 45.3 Å². The van der Waals surface area contributed by atoms with Gasteiger partial charge in [0.1, 0.15) is 24.2 Å². The summed E-state index contributed by atoms with van der Waals surface area (Å²) in [5.41, 5.74) is 2.33. The lowest BCUT2D eigenvalue weighted by Crippen LogP contribution is -2.46. The molecule has 0 bridgehead atoms. The average Bonchev–Trinajstić information content (AvgIpc) is 2.65. The number of β-amino-alcohol motifs (C(OH)–C–C–N with tert-alkyl or cyclic N) is 1. The van der Waals surface area contributed by atoms with Gasteiger partial charge in [0.15, 0.2) is 0 Å². The van der Waals surface area contributed by atoms with Crippen molar-refractivity contribution in [2.24, 2.45) is 0 Å². The van der Waals surface area contributed by atoms with Gasteiger partial charge in [-0.2, -0.15) is 0 Å². The smallest absolute Gasteiger partial charge is 0.119 e. The summed E-state index contributed by atoms with van der Waals surface area (Å²) in [6.45, 7) is 7.14. The highest BCUT2D eigenvalue weighted by molar-refractivity contribution is 5.85. The van der Waals surface area contributed by atoms with Gasteiger partial charge in [-0.15, -0.1) is 12.4 Å². The third-order valence-corrected chi connectivity index (χ3v) is 4.37. The van der Waals surface area contributed by atoms with Crippen LogP contribution >= 0.6 is 12.4 Å². The molecular weight excluding hydrogens is 362 g/mol. The molecular formula is C22H32ClNO3. The van der Waals surface area contributed by atoms with Crippen LogP contribution in [0.15, 0.2) is 48.5 Å². The number of hydrogen-bond acceptors (Lipinski definition) is 4. The molecule has 1 unspecified atom stereocenters. The maximum absolute atomic E-state index is 10.2. The summed E-state index contributed by atoms with van der Waals surface area (Å²) < 4.78 is 10.9. The van der Waals surface area contributed by atoms with E-state index in [9.17, 15) is 5.11 Å². The van der Waals surface area contributed by atoms with Gasteiger partial charge in [0, 0.05) is 12.1 Å². The second kappa shape index (κ2) is 11.2. The predicted octanol–water partition coefficient (Wildman–Crippen LogP) is 4.03. The van der Waals surface area contributed by atoms with E-state index >= 15 is 0 Å². The van der Waals surface area contributed by atoms with E-state index in [0.717, 1.165) is 24.3 Å². The zero-order valence-corrected chi connectivity index (χ0v) is 17.5. The SMILES string of the molecule is CCc1cccc(OCC(O)CNC(C)(C)Cc2ccc(OC)cc2)c1.Cl. The molecule has 150 valence electrons. The second-order valence-corrected chi connectivity index (χ2v) is 7.26. The van der Waals surface area contributed by atoms with E-state index in [-0.39, 0.29) is 24.6 Å². The fraction of sp³-hybridized carbons (Fsp3) is 0.455. The van der Waals surface area contributed by atoms with Gasteiger partial charge in [-0.1, -0.05) is 31.2 Å². The summed E-state index contributed by atoms with van der Waals surface area (Å²) in [6.07, 6.45) is 1.28. The number of rotatable bonds is 10. The third-order valence-electron chi connectivity index (χ3n) is 4.37. The molecule has 0 aliphatic heterocycles. The van der Waals surface area contributed by atoms with Crippen LogP contribution in [0.1, 0.15) is 31.9 Å². The van der Waals surface area contributed by atoms with Crippen molar-refractivity contribution in [3.05, 3.63) is 59.7 Å². The Bertz CT molecular complexity index is 674. The molecule has 0 aliphatic rings. The number of aryl methyl sites for hydroxylation is 1. The number of ether oxygens (including phenoxy) is 2. The molecule has 2 aromatic carbocycles. The van der Waals surface area contributed by atoms with Crippen molar-refractivity contribution in [1.29, 1.82) is 0 Å². The zero-order valence-electron chi connectivity index (χ0n) is 16.7. The van der Waals surface area contributed by atoms with Crippen molar-refractivity contribution in [1.82, 2.24) is 5.32 Å². The van der Waals surface area contributed by atoms with E-state index in [1.165, 1.54) is 11.1 Å². The number of halogens is 1. The van der Waals surface area contributed by atoms with Crippen LogP contribution < -0.4 is 14.8 Å². The minimum atomic E-state index is -0.560. The van der Waals surface area contributed by atoms with E-state index in [1.807, 2.05) is 30.3 Å². The Morgan fingerprint density at radius 1 is 1.04 bits per heavy atom. The van der Waals surface area contributed by atoms with Crippen molar-refractivity contribution in [3.63, 3.8) is 0 Å². The van der Waals surface area contributed by atoms with Gasteiger partial charge < -0.3 is 19.9 Å². The Morgan fingerprint density at radius 3 is 2.37 bits per heavy atom. The topological polar surface area (TPSA) is 50.7 Å². The van der Waals surface area contributed by atoms with E-state index in [1.54, 1.807) is 7.11 Å². The Kier molecular flexibility index (Phi) is 9.64. The average molecular weight is 394 g/mol. The fourth-order valence-corrected chi connectivity index (χ4v) is 2.82. The summed E-state index contributed by atoms with van der Waals surface area (Å²) >= 11 is 0. The molecule has 0 heterocycles. The maximum atomic E-state index is 10.2. The number of aliphatic hydroxyl groups is 1. The molecule has 0 amide bonds. The molecule has 0 aliphatic carbocycles. The molecule has 0 saturated carbocycles. The minimum absolute atomic E-state index is 0. The number of methoxy groups -OCH3 is 1. The minimum Gasteiger partial charge on any atom is -0.497 e. The molecule has 27 heavy (non-hydrogen) atoms. The van der Waals surface area contributed by atoms with Crippen LogP contribution in [0.4, 0.5) is 0 Å². The van der Waals surface area contributed by atoms with Crippen molar-refractivity contribution < 1.29 is 14.6 Å². The quantitative estimate of drug-likeness (QED) is 0.639. The first-order valence-electron chi connectivity index (χ1n) is 9.19. The number of hydrogen-bond donors (Lipinski definition) is 2. The highest BCUT2D eigenvalue weighted by atomic mass is 35.5. The van der Waals surface area contributed by atoms with Crippen LogP contribution in [-0.4, -0.2) is 37.0 Å². The number of aliphatic hydroxyl groups excluding tert-OH is 1. The largest absolute Gasteiger partial charge is 0.497 e. The monoisotopic (exact) mass is 393 g/mol. The van der Waals surface area contributed by atoms with Crippen molar-refractivity contribution in [3.8, 4) is 11.5 Å². The highest BCUT2D eigenvalue weighted by Gasteiger charge is 2.19. The second-order valence-electron chi connectivity index (χ2n) is 7.26. The molecule has 5 heteroatoms. The van der Waals surface area contributed by atoms with Crippen LogP contribution in [0.3, 0.4) is 0 Å². The number of nitrogens with one attached hydrogen (secondary N) is 1. The van der Waals surface area contributed by atoms with E-state index in [4.69, 9.17) is 9.47 Å².